The number of pyridine rings is 2. The molecule has 0 fully saturated rings. The first-order valence-corrected chi connectivity index (χ1v) is 9.28. The van der Waals surface area contributed by atoms with Crippen LogP contribution in [-0.2, 0) is 32.2 Å². The number of fused-ring (bicyclic) bond motifs is 5. The molecule has 1 atom stereocenters. The molecule has 0 spiro atoms. The van der Waals surface area contributed by atoms with E-state index < -0.39 is 18.0 Å². The summed E-state index contributed by atoms with van der Waals surface area (Å²) in [5, 5.41) is 0.990. The number of aromatic nitrogens is 2. The molecule has 0 saturated heterocycles. The van der Waals surface area contributed by atoms with E-state index in [1.807, 2.05) is 30.3 Å². The summed E-state index contributed by atoms with van der Waals surface area (Å²) in [6.07, 6.45) is -1.31. The largest absolute Gasteiger partial charge is 0.458 e. The van der Waals surface area contributed by atoms with Crippen LogP contribution in [0.25, 0.3) is 22.3 Å². The lowest BCUT2D eigenvalue weighted by atomic mass is 10.00. The van der Waals surface area contributed by atoms with E-state index in [4.69, 9.17) is 20.2 Å². The Balaban J connectivity index is 1.67. The van der Waals surface area contributed by atoms with Crippen molar-refractivity contribution in [2.75, 3.05) is 6.54 Å². The number of cyclic esters (lactones) is 1. The van der Waals surface area contributed by atoms with Gasteiger partial charge in [0.15, 0.2) is 0 Å². The van der Waals surface area contributed by atoms with Crippen LogP contribution in [0, 0.1) is 0 Å². The molecule has 2 aliphatic heterocycles. The standard InChI is InChI=1S/C21H17N3O5/c22-6-5-17(25)29-19-13-8-16-18-12(7-11-3-1-2-4-15(11)23-18)9-24(16)20(26)14(13)10-28-21(19)27/h1-4,7-8,19H,5-6,9-10,22H2/t19-/m1/s1. The Morgan fingerprint density at radius 2 is 2.10 bits per heavy atom. The van der Waals surface area contributed by atoms with Crippen LogP contribution in [0.4, 0.5) is 0 Å². The first-order valence-electron chi connectivity index (χ1n) is 9.28. The molecule has 3 aromatic rings. The Morgan fingerprint density at radius 1 is 1.28 bits per heavy atom. The van der Waals surface area contributed by atoms with Crippen molar-refractivity contribution in [3.05, 3.63) is 63.4 Å². The van der Waals surface area contributed by atoms with Crippen LogP contribution in [0.2, 0.25) is 0 Å². The lowest BCUT2D eigenvalue weighted by Gasteiger charge is -2.25. The van der Waals surface area contributed by atoms with E-state index in [0.29, 0.717) is 29.1 Å². The number of carbonyl (C=O) groups is 2. The van der Waals surface area contributed by atoms with Gasteiger partial charge in [-0.15, -0.1) is 0 Å². The van der Waals surface area contributed by atoms with Crippen molar-refractivity contribution < 1.29 is 19.1 Å². The molecule has 2 aliphatic rings. The maximum atomic E-state index is 13.1. The van der Waals surface area contributed by atoms with E-state index in [1.165, 1.54) is 0 Å². The number of hydrogen-bond donors (Lipinski definition) is 1. The van der Waals surface area contributed by atoms with Crippen molar-refractivity contribution in [3.63, 3.8) is 0 Å². The van der Waals surface area contributed by atoms with E-state index in [1.54, 1.807) is 10.6 Å². The lowest BCUT2D eigenvalue weighted by Crippen LogP contribution is -2.34. The third kappa shape index (κ3) is 2.72. The molecule has 0 saturated carbocycles. The van der Waals surface area contributed by atoms with Crippen molar-refractivity contribution >= 4 is 22.8 Å². The van der Waals surface area contributed by atoms with Gasteiger partial charge in [0.2, 0.25) is 6.10 Å². The van der Waals surface area contributed by atoms with Crippen LogP contribution in [0.5, 0.6) is 0 Å². The van der Waals surface area contributed by atoms with Crippen molar-refractivity contribution in [3.8, 4) is 11.4 Å². The number of carbonyl (C=O) groups excluding carboxylic acids is 2. The summed E-state index contributed by atoms with van der Waals surface area (Å²) in [6, 6.07) is 11.4. The number of para-hydroxylation sites is 1. The van der Waals surface area contributed by atoms with Gasteiger partial charge in [0.1, 0.15) is 6.61 Å². The van der Waals surface area contributed by atoms with Crippen LogP contribution in [-0.4, -0.2) is 28.0 Å². The molecule has 0 aliphatic carbocycles. The van der Waals surface area contributed by atoms with E-state index in [0.717, 1.165) is 16.5 Å². The molecule has 0 unspecified atom stereocenters. The monoisotopic (exact) mass is 391 g/mol. The zero-order chi connectivity index (χ0) is 20.1. The van der Waals surface area contributed by atoms with E-state index in [-0.39, 0.29) is 25.1 Å². The molecule has 29 heavy (non-hydrogen) atoms. The molecule has 8 nitrogen and oxygen atoms in total. The number of nitrogens with two attached hydrogens (primary N) is 1. The third-order valence-corrected chi connectivity index (χ3v) is 5.26. The molecule has 5 rings (SSSR count). The maximum Gasteiger partial charge on any atom is 0.352 e. The quantitative estimate of drug-likeness (QED) is 0.525. The average Bonchev–Trinajstić information content (AvgIpc) is 3.07. The van der Waals surface area contributed by atoms with E-state index >= 15 is 0 Å². The molecule has 1 aromatic carbocycles. The van der Waals surface area contributed by atoms with E-state index in [9.17, 15) is 14.4 Å². The summed E-state index contributed by atoms with van der Waals surface area (Å²) < 4.78 is 12.0. The van der Waals surface area contributed by atoms with Crippen LogP contribution in [0.15, 0.2) is 41.2 Å². The van der Waals surface area contributed by atoms with Gasteiger partial charge >= 0.3 is 11.9 Å². The number of rotatable bonds is 3. The zero-order valence-corrected chi connectivity index (χ0v) is 15.4. The third-order valence-electron chi connectivity index (χ3n) is 5.26. The smallest absolute Gasteiger partial charge is 0.352 e. The molecular weight excluding hydrogens is 374 g/mol. The minimum atomic E-state index is -1.28. The Labute approximate surface area is 164 Å². The van der Waals surface area contributed by atoms with Gasteiger partial charge in [-0.25, -0.2) is 9.78 Å². The molecule has 0 bridgehead atoms. The number of hydrogen-bond acceptors (Lipinski definition) is 7. The summed E-state index contributed by atoms with van der Waals surface area (Å²) in [4.78, 5) is 42.0. The molecule has 0 amide bonds. The van der Waals surface area contributed by atoms with Gasteiger partial charge in [-0.05, 0) is 18.2 Å². The molecule has 4 heterocycles. The van der Waals surface area contributed by atoms with Crippen molar-refractivity contribution in [2.24, 2.45) is 5.73 Å². The number of nitrogens with zero attached hydrogens (tertiary/aromatic N) is 2. The van der Waals surface area contributed by atoms with E-state index in [2.05, 4.69) is 0 Å². The van der Waals surface area contributed by atoms with Crippen LogP contribution in [0.3, 0.4) is 0 Å². The molecule has 0 radical (unpaired) electrons. The predicted octanol–water partition coefficient (Wildman–Crippen LogP) is 1.42. The summed E-state index contributed by atoms with van der Waals surface area (Å²) in [5.74, 6) is -1.32. The molecule has 2 N–H and O–H groups in total. The minimum absolute atomic E-state index is 0.0284. The highest BCUT2D eigenvalue weighted by molar-refractivity contribution is 5.85. The minimum Gasteiger partial charge on any atom is -0.458 e. The van der Waals surface area contributed by atoms with Gasteiger partial charge in [-0.1, -0.05) is 18.2 Å². The highest BCUT2D eigenvalue weighted by Crippen LogP contribution is 2.36. The number of ether oxygens (including phenoxy) is 2. The Morgan fingerprint density at radius 3 is 2.93 bits per heavy atom. The second-order valence-corrected chi connectivity index (χ2v) is 7.06. The van der Waals surface area contributed by atoms with Gasteiger partial charge in [-0.3, -0.25) is 9.59 Å². The first kappa shape index (κ1) is 17.6. The summed E-state index contributed by atoms with van der Waals surface area (Å²) in [7, 11) is 0. The SMILES string of the molecule is NCCC(=O)O[C@H]1C(=O)OCc2c1cc1n(c2=O)Cc2cc3ccccc3nc2-1. The summed E-state index contributed by atoms with van der Waals surface area (Å²) in [6.45, 7) is 0.342. The molecule has 2 aromatic heterocycles. The van der Waals surface area contributed by atoms with Gasteiger partial charge in [0.25, 0.3) is 5.56 Å². The number of benzene rings is 1. The zero-order valence-electron chi connectivity index (χ0n) is 15.4. The lowest BCUT2D eigenvalue weighted by molar-refractivity contribution is -0.171. The highest BCUT2D eigenvalue weighted by Gasteiger charge is 2.37. The fourth-order valence-corrected chi connectivity index (χ4v) is 3.88. The van der Waals surface area contributed by atoms with Gasteiger partial charge in [0, 0.05) is 23.1 Å². The summed E-state index contributed by atoms with van der Waals surface area (Å²) >= 11 is 0. The van der Waals surface area contributed by atoms with Crippen LogP contribution in [0.1, 0.15) is 29.2 Å². The summed E-state index contributed by atoms with van der Waals surface area (Å²) in [5.41, 5.74) is 8.81. The maximum absolute atomic E-state index is 13.1. The molecule has 146 valence electrons. The van der Waals surface area contributed by atoms with Crippen molar-refractivity contribution in [1.82, 2.24) is 9.55 Å². The second-order valence-electron chi connectivity index (χ2n) is 7.06. The fraction of sp³-hybridized carbons (Fsp3) is 0.238. The van der Waals surface area contributed by atoms with Gasteiger partial charge in [-0.2, -0.15) is 0 Å². The van der Waals surface area contributed by atoms with Crippen LogP contribution < -0.4 is 11.3 Å². The highest BCUT2D eigenvalue weighted by atomic mass is 16.6. The van der Waals surface area contributed by atoms with Crippen molar-refractivity contribution in [2.45, 2.75) is 25.7 Å². The topological polar surface area (TPSA) is 114 Å². The second kappa shape index (κ2) is 6.52. The first-order chi connectivity index (χ1) is 14.1. The Hall–Kier alpha value is -3.52. The van der Waals surface area contributed by atoms with Crippen LogP contribution >= 0.6 is 0 Å². The molecular formula is C21H17N3O5. The fourth-order valence-electron chi connectivity index (χ4n) is 3.88. The number of esters is 2. The Kier molecular flexibility index (Phi) is 3.95. The molecule has 8 heteroatoms. The van der Waals surface area contributed by atoms with Crippen molar-refractivity contribution in [1.29, 1.82) is 0 Å². The van der Waals surface area contributed by atoms with Gasteiger partial charge in [0.05, 0.1) is 35.4 Å². The normalized spacial score (nSPS) is 16.7. The van der Waals surface area contributed by atoms with Gasteiger partial charge < -0.3 is 19.8 Å². The predicted molar refractivity (Wildman–Crippen MR) is 103 cm³/mol. The Bertz CT molecular complexity index is 1250. The average molecular weight is 391 g/mol.